The molecule has 7 heteroatoms. The van der Waals surface area contributed by atoms with Gasteiger partial charge in [0.05, 0.1) is 7.11 Å². The highest BCUT2D eigenvalue weighted by Crippen LogP contribution is 2.36. The summed E-state index contributed by atoms with van der Waals surface area (Å²) < 4.78 is 10.9. The molecule has 2 fully saturated rings. The summed E-state index contributed by atoms with van der Waals surface area (Å²) in [4.78, 5) is 28.6. The van der Waals surface area contributed by atoms with Gasteiger partial charge in [-0.1, -0.05) is 18.6 Å². The molecule has 2 aliphatic rings. The largest absolute Gasteiger partial charge is 0.497 e. The first kappa shape index (κ1) is 22.1. The van der Waals surface area contributed by atoms with Crippen molar-refractivity contribution < 1.29 is 19.1 Å². The maximum atomic E-state index is 13.0. The molecule has 0 saturated carbocycles. The lowest BCUT2D eigenvalue weighted by Gasteiger charge is -2.41. The van der Waals surface area contributed by atoms with E-state index in [0.29, 0.717) is 13.0 Å². The molecule has 2 amide bonds. The molecular formula is C25H31N3O4. The molecule has 2 saturated heterocycles. The van der Waals surface area contributed by atoms with E-state index >= 15 is 0 Å². The minimum Gasteiger partial charge on any atom is -0.497 e. The van der Waals surface area contributed by atoms with Gasteiger partial charge in [-0.15, -0.1) is 0 Å². The number of carbonyl (C=O) groups excluding carboxylic acids is 2. The average molecular weight is 438 g/mol. The maximum absolute atomic E-state index is 13.0. The number of carbonyl (C=O) groups is 2. The predicted molar refractivity (Wildman–Crippen MR) is 124 cm³/mol. The quantitative estimate of drug-likeness (QED) is 0.707. The zero-order chi connectivity index (χ0) is 22.6. The van der Waals surface area contributed by atoms with Gasteiger partial charge in [0.15, 0.2) is 0 Å². The van der Waals surface area contributed by atoms with Crippen LogP contribution in [0.1, 0.15) is 31.7 Å². The number of hydrogen-bond donors (Lipinski definition) is 1. The van der Waals surface area contributed by atoms with E-state index in [1.807, 2.05) is 53.4 Å². The molecule has 32 heavy (non-hydrogen) atoms. The number of methoxy groups -OCH3 is 1. The number of nitrogens with zero attached hydrogens (tertiary/aromatic N) is 2. The zero-order valence-corrected chi connectivity index (χ0v) is 18.8. The van der Waals surface area contributed by atoms with Gasteiger partial charge in [0, 0.05) is 31.3 Å². The van der Waals surface area contributed by atoms with Crippen molar-refractivity contribution >= 4 is 23.4 Å². The summed E-state index contributed by atoms with van der Waals surface area (Å²) in [5.41, 5.74) is 2.14. The third kappa shape index (κ3) is 4.88. The molecule has 2 aliphatic heterocycles. The lowest BCUT2D eigenvalue weighted by Crippen LogP contribution is -2.57. The van der Waals surface area contributed by atoms with Crippen molar-refractivity contribution in [3.8, 4) is 5.75 Å². The van der Waals surface area contributed by atoms with Gasteiger partial charge in [-0.25, -0.2) is 4.79 Å². The number of ether oxygens (including phenoxy) is 2. The molecule has 0 bridgehead atoms. The molecule has 0 spiro atoms. The van der Waals surface area contributed by atoms with E-state index in [-0.39, 0.29) is 12.0 Å². The van der Waals surface area contributed by atoms with E-state index in [0.717, 1.165) is 42.3 Å². The van der Waals surface area contributed by atoms with Gasteiger partial charge in [-0.2, -0.15) is 0 Å². The van der Waals surface area contributed by atoms with Crippen molar-refractivity contribution in [2.75, 3.05) is 43.6 Å². The number of benzene rings is 2. The molecule has 0 aliphatic carbocycles. The Bertz CT molecular complexity index is 939. The zero-order valence-electron chi connectivity index (χ0n) is 18.8. The Hall–Kier alpha value is -3.06. The van der Waals surface area contributed by atoms with Crippen molar-refractivity contribution in [2.45, 2.75) is 38.1 Å². The molecule has 1 atom stereocenters. The van der Waals surface area contributed by atoms with Crippen LogP contribution in [0, 0.1) is 0 Å². The molecule has 2 aromatic carbocycles. The first-order valence-corrected chi connectivity index (χ1v) is 11.2. The lowest BCUT2D eigenvalue weighted by atomic mass is 9.88. The van der Waals surface area contributed by atoms with Crippen LogP contribution in [0.3, 0.4) is 0 Å². The topological polar surface area (TPSA) is 71.1 Å². The van der Waals surface area contributed by atoms with Crippen LogP contribution in [0.5, 0.6) is 5.75 Å². The molecule has 2 aromatic rings. The predicted octanol–water partition coefficient (Wildman–Crippen LogP) is 4.08. The summed E-state index contributed by atoms with van der Waals surface area (Å²) in [5.74, 6) is 0.649. The van der Waals surface area contributed by atoms with Crippen LogP contribution in [-0.2, 0) is 16.0 Å². The molecule has 2 heterocycles. The second-order valence-electron chi connectivity index (χ2n) is 8.70. The van der Waals surface area contributed by atoms with Gasteiger partial charge in [-0.3, -0.25) is 9.69 Å². The highest BCUT2D eigenvalue weighted by atomic mass is 16.6. The first-order chi connectivity index (χ1) is 15.5. The van der Waals surface area contributed by atoms with Crippen LogP contribution in [-0.4, -0.2) is 55.8 Å². The summed E-state index contributed by atoms with van der Waals surface area (Å²) in [7, 11) is 1.63. The van der Waals surface area contributed by atoms with Gasteiger partial charge < -0.3 is 19.7 Å². The van der Waals surface area contributed by atoms with E-state index in [1.165, 1.54) is 26.2 Å². The summed E-state index contributed by atoms with van der Waals surface area (Å²) in [6.07, 6.45) is 3.95. The molecule has 0 aromatic heterocycles. The number of anilines is 2. The Labute approximate surface area is 189 Å². The minimum absolute atomic E-state index is 0.0974. The van der Waals surface area contributed by atoms with Crippen LogP contribution in [0.25, 0.3) is 0 Å². The Kier molecular flexibility index (Phi) is 6.65. The molecule has 4 rings (SSSR count). The van der Waals surface area contributed by atoms with Crippen LogP contribution in [0.15, 0.2) is 48.5 Å². The van der Waals surface area contributed by atoms with Crippen LogP contribution >= 0.6 is 0 Å². The molecule has 170 valence electrons. The molecule has 1 N–H and O–H groups in total. The van der Waals surface area contributed by atoms with Crippen LogP contribution in [0.2, 0.25) is 0 Å². The number of hydrogen-bond acceptors (Lipinski definition) is 5. The van der Waals surface area contributed by atoms with Crippen molar-refractivity contribution in [1.82, 2.24) is 4.90 Å². The fraction of sp³-hybridized carbons (Fsp3) is 0.440. The number of likely N-dealkylation sites (tertiary alicyclic amines) is 1. The van der Waals surface area contributed by atoms with Crippen LogP contribution < -0.4 is 15.0 Å². The summed E-state index contributed by atoms with van der Waals surface area (Å²) in [6.45, 7) is 4.65. The lowest BCUT2D eigenvalue weighted by molar-refractivity contribution is -0.114. The van der Waals surface area contributed by atoms with E-state index in [1.54, 1.807) is 7.11 Å². The summed E-state index contributed by atoms with van der Waals surface area (Å²) in [6, 6.07) is 15.4. The molecular weight excluding hydrogens is 406 g/mol. The molecule has 1 unspecified atom stereocenters. The van der Waals surface area contributed by atoms with Gasteiger partial charge in [0.2, 0.25) is 5.91 Å². The van der Waals surface area contributed by atoms with E-state index in [2.05, 4.69) is 10.2 Å². The van der Waals surface area contributed by atoms with Crippen LogP contribution in [0.4, 0.5) is 16.2 Å². The second-order valence-corrected chi connectivity index (χ2v) is 8.70. The second kappa shape index (κ2) is 9.61. The minimum atomic E-state index is -0.515. The number of rotatable bonds is 7. The van der Waals surface area contributed by atoms with E-state index < -0.39 is 5.54 Å². The fourth-order valence-electron chi connectivity index (χ4n) is 4.75. The van der Waals surface area contributed by atoms with E-state index in [9.17, 15) is 9.59 Å². The maximum Gasteiger partial charge on any atom is 0.415 e. The summed E-state index contributed by atoms with van der Waals surface area (Å²) in [5, 5.41) is 2.81. The molecule has 0 radical (unpaired) electrons. The van der Waals surface area contributed by atoms with Crippen molar-refractivity contribution in [1.29, 1.82) is 0 Å². The highest BCUT2D eigenvalue weighted by Gasteiger charge is 2.49. The number of nitrogens with one attached hydrogen (secondary N) is 1. The molecule has 7 nitrogen and oxygen atoms in total. The first-order valence-electron chi connectivity index (χ1n) is 11.2. The Morgan fingerprint density at radius 1 is 1.06 bits per heavy atom. The van der Waals surface area contributed by atoms with E-state index in [4.69, 9.17) is 9.47 Å². The third-order valence-corrected chi connectivity index (χ3v) is 6.23. The van der Waals surface area contributed by atoms with Gasteiger partial charge in [0.1, 0.15) is 17.9 Å². The smallest absolute Gasteiger partial charge is 0.415 e. The van der Waals surface area contributed by atoms with Crippen molar-refractivity contribution in [3.05, 3.63) is 54.1 Å². The highest BCUT2D eigenvalue weighted by molar-refractivity contribution is 5.92. The van der Waals surface area contributed by atoms with Crippen molar-refractivity contribution in [3.63, 3.8) is 0 Å². The Morgan fingerprint density at radius 2 is 1.75 bits per heavy atom. The van der Waals surface area contributed by atoms with Gasteiger partial charge in [0.25, 0.3) is 0 Å². The SMILES string of the molecule is COc1ccc(N2C(=O)OCC2(Cc2ccc(NC(C)=O)cc2)CN2CCCCC2)cc1. The average Bonchev–Trinajstić information content (AvgIpc) is 3.11. The summed E-state index contributed by atoms with van der Waals surface area (Å²) >= 11 is 0. The number of cyclic esters (lactones) is 1. The van der Waals surface area contributed by atoms with Gasteiger partial charge in [-0.05, 0) is 67.9 Å². The number of amides is 2. The van der Waals surface area contributed by atoms with Gasteiger partial charge >= 0.3 is 6.09 Å². The number of piperidine rings is 1. The van der Waals surface area contributed by atoms with Crippen molar-refractivity contribution in [2.24, 2.45) is 0 Å². The standard InChI is InChI=1S/C25H31N3O4/c1-19(29)26-21-8-6-20(7-9-21)16-25(17-27-14-4-3-5-15-27)18-32-24(30)28(25)22-10-12-23(31-2)13-11-22/h6-13H,3-5,14-18H2,1-2H3,(H,26,29). The Morgan fingerprint density at radius 3 is 2.38 bits per heavy atom. The normalized spacial score (nSPS) is 21.3. The Balaban J connectivity index is 1.65. The monoisotopic (exact) mass is 437 g/mol. The fourth-order valence-corrected chi connectivity index (χ4v) is 4.75. The third-order valence-electron chi connectivity index (χ3n) is 6.23.